The summed E-state index contributed by atoms with van der Waals surface area (Å²) in [6.07, 6.45) is -20.4. The second kappa shape index (κ2) is 15.6. The standard InChI is InChI=1S/C24H43NO16/c1-3-4-5-36-23-18(34)16(32)21(11(7-27)38-23)41-24-19(35)17(33)20(12(8-28)39-24)40-22-13(25-9(2)29)15(31)14(30)10(6-26)37-22/h10-24,26-28,30-35H,3-8H2,1-2H3,(H,25,29)/t10?,11?,12?,13?,14-,15+,16+,17+,18?,19?,20-,21+,22-,23+,24-/m0/s1. The SMILES string of the molecule is CCCCO[C@@H]1OC(CO)[C@@H](O[C@@H]2OC(CO)[C@H](O[C@@H]3OC(CO)[C@H](O)[C@H](O)C3NC(C)=O)[C@H](O)C2O)[C@H](O)C1O. The van der Waals surface area contributed by atoms with Gasteiger partial charge >= 0.3 is 0 Å². The fourth-order valence-corrected chi connectivity index (χ4v) is 4.93. The number of nitrogens with one attached hydrogen (secondary N) is 1. The van der Waals surface area contributed by atoms with Crippen LogP contribution >= 0.6 is 0 Å². The maximum absolute atomic E-state index is 11.7. The number of unbranched alkanes of at least 4 members (excludes halogenated alkanes) is 1. The highest BCUT2D eigenvalue weighted by Gasteiger charge is 2.53. The molecule has 41 heavy (non-hydrogen) atoms. The zero-order valence-corrected chi connectivity index (χ0v) is 22.8. The summed E-state index contributed by atoms with van der Waals surface area (Å²) >= 11 is 0. The molecule has 0 spiro atoms. The molecule has 0 aromatic carbocycles. The fraction of sp³-hybridized carbons (Fsp3) is 0.958. The summed E-state index contributed by atoms with van der Waals surface area (Å²) in [6, 6.07) is -1.38. The van der Waals surface area contributed by atoms with Crippen LogP contribution < -0.4 is 5.32 Å². The molecule has 3 heterocycles. The molecule has 3 saturated heterocycles. The Labute approximate surface area is 236 Å². The predicted octanol–water partition coefficient (Wildman–Crippen LogP) is -5.60. The first-order chi connectivity index (χ1) is 19.5. The zero-order valence-electron chi connectivity index (χ0n) is 22.8. The number of aliphatic hydroxyl groups is 9. The third-order valence-corrected chi connectivity index (χ3v) is 7.25. The molecule has 0 bridgehead atoms. The Hall–Kier alpha value is -1.13. The van der Waals surface area contributed by atoms with Crippen molar-refractivity contribution in [2.24, 2.45) is 0 Å². The lowest BCUT2D eigenvalue weighted by atomic mass is 9.95. The Kier molecular flexibility index (Phi) is 13.0. The molecule has 3 aliphatic rings. The minimum atomic E-state index is -1.89. The van der Waals surface area contributed by atoms with Gasteiger partial charge in [0.25, 0.3) is 0 Å². The van der Waals surface area contributed by atoms with Crippen LogP contribution in [-0.2, 0) is 33.2 Å². The van der Waals surface area contributed by atoms with Crippen molar-refractivity contribution in [3.05, 3.63) is 0 Å². The lowest BCUT2D eigenvalue weighted by Gasteiger charge is -2.48. The van der Waals surface area contributed by atoms with Crippen molar-refractivity contribution < 1.29 is 79.2 Å². The number of aliphatic hydroxyl groups excluding tert-OH is 9. The Morgan fingerprint density at radius 3 is 1.68 bits per heavy atom. The topological polar surface area (TPSA) is 267 Å². The maximum Gasteiger partial charge on any atom is 0.217 e. The van der Waals surface area contributed by atoms with Gasteiger partial charge in [-0.3, -0.25) is 4.79 Å². The molecule has 240 valence electrons. The number of hydrogen-bond donors (Lipinski definition) is 10. The van der Waals surface area contributed by atoms with E-state index in [9.17, 15) is 50.8 Å². The van der Waals surface area contributed by atoms with Gasteiger partial charge in [-0.05, 0) is 6.42 Å². The molecule has 0 aromatic heterocycles. The van der Waals surface area contributed by atoms with E-state index in [4.69, 9.17) is 28.4 Å². The summed E-state index contributed by atoms with van der Waals surface area (Å²) in [5, 5.41) is 95.3. The van der Waals surface area contributed by atoms with E-state index in [1.807, 2.05) is 6.92 Å². The fourth-order valence-electron chi connectivity index (χ4n) is 4.93. The molecule has 0 radical (unpaired) electrons. The predicted molar refractivity (Wildman–Crippen MR) is 131 cm³/mol. The monoisotopic (exact) mass is 601 g/mol. The molecule has 0 aromatic rings. The third-order valence-electron chi connectivity index (χ3n) is 7.25. The van der Waals surface area contributed by atoms with E-state index in [0.29, 0.717) is 6.42 Å². The highest BCUT2D eigenvalue weighted by molar-refractivity contribution is 5.73. The molecule has 6 unspecified atom stereocenters. The Morgan fingerprint density at radius 1 is 0.683 bits per heavy atom. The van der Waals surface area contributed by atoms with E-state index < -0.39 is 118 Å². The number of amides is 1. The minimum absolute atomic E-state index is 0.230. The normalized spacial score (nSPS) is 45.4. The van der Waals surface area contributed by atoms with Gasteiger partial charge in [0, 0.05) is 13.5 Å². The average molecular weight is 602 g/mol. The number of carbonyl (C=O) groups is 1. The van der Waals surface area contributed by atoms with Crippen molar-refractivity contribution >= 4 is 5.91 Å². The first-order valence-corrected chi connectivity index (χ1v) is 13.6. The van der Waals surface area contributed by atoms with E-state index in [2.05, 4.69) is 5.32 Å². The van der Waals surface area contributed by atoms with Crippen LogP contribution in [-0.4, -0.2) is 170 Å². The van der Waals surface area contributed by atoms with Crippen molar-refractivity contribution in [2.75, 3.05) is 26.4 Å². The lowest BCUT2D eigenvalue weighted by molar-refractivity contribution is -0.374. The molecule has 17 heteroatoms. The van der Waals surface area contributed by atoms with E-state index in [0.717, 1.165) is 13.3 Å². The first-order valence-electron chi connectivity index (χ1n) is 13.6. The second-order valence-electron chi connectivity index (χ2n) is 10.3. The van der Waals surface area contributed by atoms with E-state index >= 15 is 0 Å². The minimum Gasteiger partial charge on any atom is -0.394 e. The Balaban J connectivity index is 1.73. The van der Waals surface area contributed by atoms with Gasteiger partial charge in [0.1, 0.15) is 73.2 Å². The summed E-state index contributed by atoms with van der Waals surface area (Å²) in [6.45, 7) is 1.08. The molecule has 3 fully saturated rings. The first kappa shape index (κ1) is 34.4. The summed E-state index contributed by atoms with van der Waals surface area (Å²) < 4.78 is 33.4. The van der Waals surface area contributed by atoms with Crippen molar-refractivity contribution in [3.63, 3.8) is 0 Å². The molecule has 0 aliphatic carbocycles. The Morgan fingerprint density at radius 2 is 1.17 bits per heavy atom. The summed E-state index contributed by atoms with van der Waals surface area (Å²) in [7, 11) is 0. The van der Waals surface area contributed by atoms with Crippen molar-refractivity contribution in [1.82, 2.24) is 5.32 Å². The van der Waals surface area contributed by atoms with Crippen LogP contribution in [0.15, 0.2) is 0 Å². The average Bonchev–Trinajstić information content (AvgIpc) is 2.95. The second-order valence-corrected chi connectivity index (χ2v) is 10.3. The van der Waals surface area contributed by atoms with Gasteiger partial charge in [0.2, 0.25) is 5.91 Å². The van der Waals surface area contributed by atoms with E-state index in [1.54, 1.807) is 0 Å². The number of ether oxygens (including phenoxy) is 6. The smallest absolute Gasteiger partial charge is 0.217 e. The molecule has 3 rings (SSSR count). The van der Waals surface area contributed by atoms with Crippen molar-refractivity contribution in [1.29, 1.82) is 0 Å². The highest BCUT2D eigenvalue weighted by atomic mass is 16.8. The van der Waals surface area contributed by atoms with E-state index in [1.165, 1.54) is 0 Å². The van der Waals surface area contributed by atoms with E-state index in [-0.39, 0.29) is 6.61 Å². The molecular weight excluding hydrogens is 558 g/mol. The van der Waals surface area contributed by atoms with Crippen LogP contribution in [0.5, 0.6) is 0 Å². The number of rotatable bonds is 12. The summed E-state index contributed by atoms with van der Waals surface area (Å²) in [5.74, 6) is -0.625. The van der Waals surface area contributed by atoms with Gasteiger partial charge in [-0.2, -0.15) is 0 Å². The lowest BCUT2D eigenvalue weighted by Crippen LogP contribution is -2.68. The molecule has 1 amide bonds. The van der Waals surface area contributed by atoms with Crippen LogP contribution in [0.25, 0.3) is 0 Å². The molecular formula is C24H43NO16. The molecule has 10 N–H and O–H groups in total. The van der Waals surface area contributed by atoms with Crippen LogP contribution in [0, 0.1) is 0 Å². The van der Waals surface area contributed by atoms with Crippen LogP contribution in [0.2, 0.25) is 0 Å². The summed E-state index contributed by atoms with van der Waals surface area (Å²) in [5.41, 5.74) is 0. The van der Waals surface area contributed by atoms with Gasteiger partial charge in [-0.1, -0.05) is 13.3 Å². The van der Waals surface area contributed by atoms with Gasteiger partial charge in [0.15, 0.2) is 18.9 Å². The number of carbonyl (C=O) groups excluding carboxylic acids is 1. The third kappa shape index (κ3) is 7.88. The molecule has 3 aliphatic heterocycles. The van der Waals surface area contributed by atoms with Crippen LogP contribution in [0.1, 0.15) is 26.7 Å². The van der Waals surface area contributed by atoms with Gasteiger partial charge < -0.3 is 79.7 Å². The molecule has 17 nitrogen and oxygen atoms in total. The summed E-state index contributed by atoms with van der Waals surface area (Å²) in [4.78, 5) is 11.7. The maximum atomic E-state index is 11.7. The zero-order chi connectivity index (χ0) is 30.4. The van der Waals surface area contributed by atoms with Gasteiger partial charge in [-0.25, -0.2) is 0 Å². The largest absolute Gasteiger partial charge is 0.394 e. The van der Waals surface area contributed by atoms with Gasteiger partial charge in [-0.15, -0.1) is 0 Å². The van der Waals surface area contributed by atoms with Crippen molar-refractivity contribution in [3.8, 4) is 0 Å². The Bertz CT molecular complexity index is 806. The quantitative estimate of drug-likeness (QED) is 0.0934. The highest BCUT2D eigenvalue weighted by Crippen LogP contribution is 2.32. The van der Waals surface area contributed by atoms with Crippen LogP contribution in [0.4, 0.5) is 0 Å². The van der Waals surface area contributed by atoms with Crippen molar-refractivity contribution in [2.45, 2.75) is 119 Å². The number of hydrogen-bond acceptors (Lipinski definition) is 16. The van der Waals surface area contributed by atoms with Crippen LogP contribution in [0.3, 0.4) is 0 Å². The molecule has 0 saturated carbocycles. The molecule has 15 atom stereocenters. The van der Waals surface area contributed by atoms with Gasteiger partial charge in [0.05, 0.1) is 19.8 Å².